The van der Waals surface area contributed by atoms with Crippen LogP contribution in [0.5, 0.6) is 0 Å². The Bertz CT molecular complexity index is 374. The molecular formula is C18H30N2. The molecule has 2 unspecified atom stereocenters. The Morgan fingerprint density at radius 2 is 2.00 bits per heavy atom. The average molecular weight is 274 g/mol. The van der Waals surface area contributed by atoms with Crippen molar-refractivity contribution in [3.05, 3.63) is 35.9 Å². The van der Waals surface area contributed by atoms with Crippen LogP contribution in [0.2, 0.25) is 0 Å². The Labute approximate surface area is 124 Å². The highest BCUT2D eigenvalue weighted by atomic mass is 15.2. The predicted octanol–water partition coefficient (Wildman–Crippen LogP) is 3.33. The summed E-state index contributed by atoms with van der Waals surface area (Å²) in [5.41, 5.74) is 1.46. The van der Waals surface area contributed by atoms with Gasteiger partial charge < -0.3 is 5.32 Å². The Balaban J connectivity index is 1.92. The lowest BCUT2D eigenvalue weighted by Crippen LogP contribution is -2.58. The van der Waals surface area contributed by atoms with Crippen molar-refractivity contribution in [2.45, 2.75) is 52.1 Å². The van der Waals surface area contributed by atoms with Gasteiger partial charge >= 0.3 is 0 Å². The Hall–Kier alpha value is -0.860. The second kappa shape index (κ2) is 7.80. The van der Waals surface area contributed by atoms with Gasteiger partial charge in [0.2, 0.25) is 0 Å². The Kier molecular flexibility index (Phi) is 6.06. The van der Waals surface area contributed by atoms with E-state index in [2.05, 4.69) is 61.3 Å². The van der Waals surface area contributed by atoms with Crippen molar-refractivity contribution in [2.75, 3.05) is 19.6 Å². The highest BCUT2D eigenvalue weighted by Gasteiger charge is 2.28. The molecule has 2 atom stereocenters. The van der Waals surface area contributed by atoms with Crippen LogP contribution >= 0.6 is 0 Å². The lowest BCUT2D eigenvalue weighted by atomic mass is 9.97. The molecule has 1 saturated heterocycles. The fourth-order valence-electron chi connectivity index (χ4n) is 3.14. The molecule has 1 aromatic carbocycles. The third-order valence-electron chi connectivity index (χ3n) is 4.52. The van der Waals surface area contributed by atoms with Gasteiger partial charge in [0, 0.05) is 31.7 Å². The number of nitrogens with one attached hydrogen (secondary N) is 1. The fourth-order valence-corrected chi connectivity index (χ4v) is 3.14. The van der Waals surface area contributed by atoms with Crippen molar-refractivity contribution in [3.8, 4) is 0 Å². The third-order valence-corrected chi connectivity index (χ3v) is 4.52. The first kappa shape index (κ1) is 15.5. The summed E-state index contributed by atoms with van der Waals surface area (Å²) in [6.45, 7) is 10.5. The summed E-state index contributed by atoms with van der Waals surface area (Å²) in [6, 6.07) is 12.3. The van der Waals surface area contributed by atoms with E-state index >= 15 is 0 Å². The summed E-state index contributed by atoms with van der Waals surface area (Å²) in [5, 5.41) is 3.74. The minimum atomic E-state index is 0.652. The summed E-state index contributed by atoms with van der Waals surface area (Å²) in [6.07, 6.45) is 3.76. The number of piperazine rings is 1. The van der Waals surface area contributed by atoms with Crippen LogP contribution < -0.4 is 5.32 Å². The number of hydrogen-bond acceptors (Lipinski definition) is 2. The molecule has 1 aliphatic heterocycles. The Morgan fingerprint density at radius 1 is 1.25 bits per heavy atom. The quantitative estimate of drug-likeness (QED) is 0.856. The molecule has 0 bridgehead atoms. The molecule has 0 aliphatic carbocycles. The molecule has 1 aliphatic rings. The lowest BCUT2D eigenvalue weighted by molar-refractivity contribution is 0.108. The Morgan fingerprint density at radius 3 is 2.65 bits per heavy atom. The standard InChI is InChI=1S/C18H30N2/c1-4-8-17-13-19-18(15(2)3)14-20(17)12-11-16-9-6-5-7-10-16/h5-7,9-10,15,17-19H,4,8,11-14H2,1-3H3. The van der Waals surface area contributed by atoms with Gasteiger partial charge in [-0.1, -0.05) is 57.5 Å². The van der Waals surface area contributed by atoms with Crippen LogP contribution in [-0.4, -0.2) is 36.6 Å². The smallest absolute Gasteiger partial charge is 0.0221 e. The zero-order valence-corrected chi connectivity index (χ0v) is 13.3. The van der Waals surface area contributed by atoms with Crippen LogP contribution in [0, 0.1) is 5.92 Å². The predicted molar refractivity (Wildman–Crippen MR) is 87.0 cm³/mol. The molecule has 2 nitrogen and oxygen atoms in total. The van der Waals surface area contributed by atoms with E-state index in [4.69, 9.17) is 0 Å². The molecule has 1 heterocycles. The first-order valence-corrected chi connectivity index (χ1v) is 8.22. The van der Waals surface area contributed by atoms with E-state index in [0.29, 0.717) is 6.04 Å². The van der Waals surface area contributed by atoms with E-state index in [0.717, 1.165) is 18.5 Å². The largest absolute Gasteiger partial charge is 0.311 e. The highest BCUT2D eigenvalue weighted by molar-refractivity contribution is 5.15. The van der Waals surface area contributed by atoms with Crippen LogP contribution in [0.15, 0.2) is 30.3 Å². The third kappa shape index (κ3) is 4.32. The molecule has 0 amide bonds. The number of nitrogens with zero attached hydrogens (tertiary/aromatic N) is 1. The van der Waals surface area contributed by atoms with Crippen LogP contribution in [0.25, 0.3) is 0 Å². The average Bonchev–Trinajstić information content (AvgIpc) is 2.47. The van der Waals surface area contributed by atoms with Crippen molar-refractivity contribution < 1.29 is 0 Å². The maximum absolute atomic E-state index is 3.74. The zero-order valence-electron chi connectivity index (χ0n) is 13.3. The van der Waals surface area contributed by atoms with E-state index in [1.165, 1.54) is 37.9 Å². The minimum Gasteiger partial charge on any atom is -0.311 e. The van der Waals surface area contributed by atoms with Crippen LogP contribution in [0.1, 0.15) is 39.2 Å². The molecule has 1 fully saturated rings. The molecule has 0 radical (unpaired) electrons. The fraction of sp³-hybridized carbons (Fsp3) is 0.667. The molecule has 20 heavy (non-hydrogen) atoms. The highest BCUT2D eigenvalue weighted by Crippen LogP contribution is 2.17. The van der Waals surface area contributed by atoms with Crippen LogP contribution in [0.4, 0.5) is 0 Å². The second-order valence-electron chi connectivity index (χ2n) is 6.43. The minimum absolute atomic E-state index is 0.652. The van der Waals surface area contributed by atoms with Gasteiger partial charge in [0.05, 0.1) is 0 Å². The van der Waals surface area contributed by atoms with Crippen LogP contribution in [0.3, 0.4) is 0 Å². The van der Waals surface area contributed by atoms with Crippen molar-refractivity contribution >= 4 is 0 Å². The molecule has 1 N–H and O–H groups in total. The van der Waals surface area contributed by atoms with Crippen molar-refractivity contribution in [2.24, 2.45) is 5.92 Å². The van der Waals surface area contributed by atoms with Crippen LogP contribution in [-0.2, 0) is 6.42 Å². The van der Waals surface area contributed by atoms with Gasteiger partial charge in [0.1, 0.15) is 0 Å². The van der Waals surface area contributed by atoms with Gasteiger partial charge in [-0.25, -0.2) is 0 Å². The molecule has 0 spiro atoms. The number of hydrogen-bond donors (Lipinski definition) is 1. The summed E-state index contributed by atoms with van der Waals surface area (Å²) in [5.74, 6) is 0.719. The molecule has 2 heteroatoms. The van der Waals surface area contributed by atoms with Gasteiger partial charge in [-0.05, 0) is 24.3 Å². The molecule has 0 aromatic heterocycles. The van der Waals surface area contributed by atoms with Gasteiger partial charge in [-0.3, -0.25) is 4.90 Å². The summed E-state index contributed by atoms with van der Waals surface area (Å²) >= 11 is 0. The molecule has 2 rings (SSSR count). The molecule has 1 aromatic rings. The van der Waals surface area contributed by atoms with E-state index in [-0.39, 0.29) is 0 Å². The van der Waals surface area contributed by atoms with E-state index < -0.39 is 0 Å². The summed E-state index contributed by atoms with van der Waals surface area (Å²) < 4.78 is 0. The van der Waals surface area contributed by atoms with Crippen molar-refractivity contribution in [3.63, 3.8) is 0 Å². The van der Waals surface area contributed by atoms with E-state index in [9.17, 15) is 0 Å². The first-order chi connectivity index (χ1) is 9.70. The molecule has 0 saturated carbocycles. The maximum Gasteiger partial charge on any atom is 0.0221 e. The van der Waals surface area contributed by atoms with E-state index in [1.54, 1.807) is 0 Å². The van der Waals surface area contributed by atoms with Gasteiger partial charge in [0.15, 0.2) is 0 Å². The normalized spacial score (nSPS) is 24.2. The maximum atomic E-state index is 3.74. The van der Waals surface area contributed by atoms with Gasteiger partial charge in [0.25, 0.3) is 0 Å². The SMILES string of the molecule is CCCC1CNC(C(C)C)CN1CCc1ccccc1. The van der Waals surface area contributed by atoms with Gasteiger partial charge in [-0.2, -0.15) is 0 Å². The van der Waals surface area contributed by atoms with Crippen molar-refractivity contribution in [1.29, 1.82) is 0 Å². The zero-order chi connectivity index (χ0) is 14.4. The topological polar surface area (TPSA) is 15.3 Å². The summed E-state index contributed by atoms with van der Waals surface area (Å²) in [7, 11) is 0. The second-order valence-corrected chi connectivity index (χ2v) is 6.43. The number of benzene rings is 1. The first-order valence-electron chi connectivity index (χ1n) is 8.22. The van der Waals surface area contributed by atoms with E-state index in [1.807, 2.05) is 0 Å². The number of rotatable bonds is 6. The summed E-state index contributed by atoms with van der Waals surface area (Å²) in [4.78, 5) is 2.72. The monoisotopic (exact) mass is 274 g/mol. The molecule has 112 valence electrons. The van der Waals surface area contributed by atoms with Crippen molar-refractivity contribution in [1.82, 2.24) is 10.2 Å². The lowest BCUT2D eigenvalue weighted by Gasteiger charge is -2.42. The molecular weight excluding hydrogens is 244 g/mol. The van der Waals surface area contributed by atoms with Gasteiger partial charge in [-0.15, -0.1) is 0 Å².